The largest absolute Gasteiger partial charge is 0.369 e. The smallest absolute Gasteiger partial charge is 0.223 e. The first-order valence-electron chi connectivity index (χ1n) is 6.26. The van der Waals surface area contributed by atoms with Crippen molar-refractivity contribution in [1.29, 1.82) is 0 Å². The molecule has 0 aliphatic carbocycles. The van der Waals surface area contributed by atoms with E-state index >= 15 is 0 Å². The fourth-order valence-electron chi connectivity index (χ4n) is 2.52. The molecule has 0 aromatic heterocycles. The number of amides is 1. The van der Waals surface area contributed by atoms with Gasteiger partial charge in [0.25, 0.3) is 0 Å². The summed E-state index contributed by atoms with van der Waals surface area (Å²) in [5, 5.41) is 0. The van der Waals surface area contributed by atoms with Gasteiger partial charge in [-0.25, -0.2) is 0 Å². The van der Waals surface area contributed by atoms with Crippen LogP contribution < -0.4 is 5.73 Å². The SMILES string of the molecule is Cc1cc2c(cc1C)C(CC(N)=O)=NC(C)(C)C2. The molecule has 3 heteroatoms. The minimum atomic E-state index is -0.323. The number of hydrogen-bond acceptors (Lipinski definition) is 2. The van der Waals surface area contributed by atoms with E-state index in [4.69, 9.17) is 5.73 Å². The van der Waals surface area contributed by atoms with Crippen LogP contribution in [0.2, 0.25) is 0 Å². The number of hydrogen-bond donors (Lipinski definition) is 1. The summed E-state index contributed by atoms with van der Waals surface area (Å²) in [7, 11) is 0. The van der Waals surface area contributed by atoms with Crippen molar-refractivity contribution in [3.63, 3.8) is 0 Å². The molecule has 0 saturated heterocycles. The zero-order valence-corrected chi connectivity index (χ0v) is 11.5. The van der Waals surface area contributed by atoms with Crippen molar-refractivity contribution in [2.75, 3.05) is 0 Å². The normalized spacial score (nSPS) is 17.0. The standard InChI is InChI=1S/C15H20N2O/c1-9-5-11-8-15(3,4)17-13(7-14(16)18)12(11)6-10(9)2/h5-6H,7-8H2,1-4H3,(H2,16,18). The van der Waals surface area contributed by atoms with E-state index in [1.165, 1.54) is 16.7 Å². The number of fused-ring (bicyclic) bond motifs is 1. The van der Waals surface area contributed by atoms with Gasteiger partial charge in [0.15, 0.2) is 0 Å². The Morgan fingerprint density at radius 1 is 1.33 bits per heavy atom. The van der Waals surface area contributed by atoms with E-state index in [0.29, 0.717) is 0 Å². The molecule has 0 spiro atoms. The summed E-state index contributed by atoms with van der Waals surface area (Å²) in [5.74, 6) is -0.323. The predicted octanol–water partition coefficient (Wildman–Crippen LogP) is 2.30. The number of nitrogens with two attached hydrogens (primary N) is 1. The molecule has 2 rings (SSSR count). The summed E-state index contributed by atoms with van der Waals surface area (Å²) in [4.78, 5) is 15.9. The molecule has 1 aromatic carbocycles. The van der Waals surface area contributed by atoms with Gasteiger partial charge in [-0.05, 0) is 62.4 Å². The Morgan fingerprint density at radius 2 is 1.94 bits per heavy atom. The van der Waals surface area contributed by atoms with E-state index in [2.05, 4.69) is 44.8 Å². The van der Waals surface area contributed by atoms with Gasteiger partial charge < -0.3 is 5.73 Å². The number of aryl methyl sites for hydroxylation is 2. The van der Waals surface area contributed by atoms with Gasteiger partial charge in [0, 0.05) is 0 Å². The fraction of sp³-hybridized carbons (Fsp3) is 0.467. The summed E-state index contributed by atoms with van der Waals surface area (Å²) < 4.78 is 0. The lowest BCUT2D eigenvalue weighted by atomic mass is 9.84. The van der Waals surface area contributed by atoms with Gasteiger partial charge in [-0.2, -0.15) is 0 Å². The summed E-state index contributed by atoms with van der Waals surface area (Å²) in [6, 6.07) is 4.34. The van der Waals surface area contributed by atoms with E-state index in [-0.39, 0.29) is 17.9 Å². The highest BCUT2D eigenvalue weighted by molar-refractivity contribution is 6.11. The molecule has 3 nitrogen and oxygen atoms in total. The Balaban J connectivity index is 2.56. The van der Waals surface area contributed by atoms with Crippen LogP contribution in [0.4, 0.5) is 0 Å². The zero-order chi connectivity index (χ0) is 13.5. The molecule has 0 fully saturated rings. The Morgan fingerprint density at radius 3 is 2.56 bits per heavy atom. The molecular weight excluding hydrogens is 224 g/mol. The molecule has 1 heterocycles. The maximum Gasteiger partial charge on any atom is 0.223 e. The fourth-order valence-corrected chi connectivity index (χ4v) is 2.52. The van der Waals surface area contributed by atoms with Crippen molar-refractivity contribution in [2.24, 2.45) is 10.7 Å². The molecule has 1 aliphatic rings. The first-order chi connectivity index (χ1) is 8.28. The van der Waals surface area contributed by atoms with Gasteiger partial charge in [0.1, 0.15) is 0 Å². The van der Waals surface area contributed by atoms with Crippen molar-refractivity contribution in [3.8, 4) is 0 Å². The van der Waals surface area contributed by atoms with E-state index in [1.807, 2.05) is 0 Å². The lowest BCUT2D eigenvalue weighted by Crippen LogP contribution is -2.31. The highest BCUT2D eigenvalue weighted by atomic mass is 16.1. The minimum Gasteiger partial charge on any atom is -0.369 e. The predicted molar refractivity (Wildman–Crippen MR) is 74.0 cm³/mol. The zero-order valence-electron chi connectivity index (χ0n) is 11.5. The molecule has 1 aliphatic heterocycles. The van der Waals surface area contributed by atoms with Crippen molar-refractivity contribution in [2.45, 2.75) is 46.1 Å². The maximum absolute atomic E-state index is 11.2. The van der Waals surface area contributed by atoms with E-state index in [1.54, 1.807) is 0 Å². The van der Waals surface area contributed by atoms with Crippen LogP contribution in [0.15, 0.2) is 17.1 Å². The lowest BCUT2D eigenvalue weighted by Gasteiger charge is -2.29. The van der Waals surface area contributed by atoms with Gasteiger partial charge in [-0.15, -0.1) is 0 Å². The number of carbonyl (C=O) groups is 1. The number of rotatable bonds is 2. The summed E-state index contributed by atoms with van der Waals surface area (Å²) >= 11 is 0. The van der Waals surface area contributed by atoms with Crippen LogP contribution in [0, 0.1) is 13.8 Å². The van der Waals surface area contributed by atoms with E-state index in [0.717, 1.165) is 17.7 Å². The van der Waals surface area contributed by atoms with Crippen LogP contribution in [0.1, 0.15) is 42.5 Å². The van der Waals surface area contributed by atoms with Gasteiger partial charge in [-0.1, -0.05) is 6.07 Å². The summed E-state index contributed by atoms with van der Waals surface area (Å²) in [6.07, 6.45) is 1.13. The number of nitrogens with zero attached hydrogens (tertiary/aromatic N) is 1. The molecule has 18 heavy (non-hydrogen) atoms. The van der Waals surface area contributed by atoms with Gasteiger partial charge >= 0.3 is 0 Å². The third-order valence-corrected chi connectivity index (χ3v) is 3.43. The van der Waals surface area contributed by atoms with E-state index in [9.17, 15) is 4.79 Å². The van der Waals surface area contributed by atoms with Gasteiger partial charge in [0.2, 0.25) is 5.91 Å². The summed E-state index contributed by atoms with van der Waals surface area (Å²) in [6.45, 7) is 8.37. The van der Waals surface area contributed by atoms with Crippen molar-refractivity contribution < 1.29 is 4.79 Å². The van der Waals surface area contributed by atoms with Crippen LogP contribution in [0.25, 0.3) is 0 Å². The Labute approximate surface area is 108 Å². The second-order valence-electron chi connectivity index (χ2n) is 5.78. The third-order valence-electron chi connectivity index (χ3n) is 3.43. The summed E-state index contributed by atoms with van der Waals surface area (Å²) in [5.41, 5.74) is 10.9. The average Bonchev–Trinajstić information content (AvgIpc) is 2.19. The molecule has 1 aromatic rings. The maximum atomic E-state index is 11.2. The Bertz CT molecular complexity index is 542. The Hall–Kier alpha value is -1.64. The first-order valence-corrected chi connectivity index (χ1v) is 6.26. The molecular formula is C15H20N2O. The second-order valence-corrected chi connectivity index (χ2v) is 5.78. The quantitative estimate of drug-likeness (QED) is 0.852. The molecule has 0 saturated carbocycles. The molecule has 0 unspecified atom stereocenters. The van der Waals surface area contributed by atoms with Crippen molar-refractivity contribution in [1.82, 2.24) is 0 Å². The van der Waals surface area contributed by atoms with Crippen LogP contribution >= 0.6 is 0 Å². The molecule has 0 bridgehead atoms. The number of primary amides is 1. The van der Waals surface area contributed by atoms with Crippen molar-refractivity contribution >= 4 is 11.6 Å². The van der Waals surface area contributed by atoms with Crippen LogP contribution in [-0.4, -0.2) is 17.2 Å². The number of aliphatic imine (C=N–C) groups is 1. The van der Waals surface area contributed by atoms with Crippen LogP contribution in [0.5, 0.6) is 0 Å². The first kappa shape index (κ1) is 12.8. The Kier molecular flexibility index (Phi) is 3.01. The molecule has 1 amide bonds. The number of benzene rings is 1. The molecule has 2 N–H and O–H groups in total. The third kappa shape index (κ3) is 2.45. The molecule has 96 valence electrons. The second kappa shape index (κ2) is 4.23. The average molecular weight is 244 g/mol. The topological polar surface area (TPSA) is 55.5 Å². The van der Waals surface area contributed by atoms with Crippen LogP contribution in [-0.2, 0) is 11.2 Å². The molecule has 0 atom stereocenters. The van der Waals surface area contributed by atoms with Gasteiger partial charge in [0.05, 0.1) is 17.7 Å². The minimum absolute atomic E-state index is 0.153. The highest BCUT2D eigenvalue weighted by Gasteiger charge is 2.27. The molecule has 0 radical (unpaired) electrons. The number of carbonyl (C=O) groups excluding carboxylic acids is 1. The highest BCUT2D eigenvalue weighted by Crippen LogP contribution is 2.29. The monoisotopic (exact) mass is 244 g/mol. The van der Waals surface area contributed by atoms with Crippen LogP contribution in [0.3, 0.4) is 0 Å². The van der Waals surface area contributed by atoms with Crippen molar-refractivity contribution in [3.05, 3.63) is 34.4 Å². The van der Waals surface area contributed by atoms with E-state index < -0.39 is 0 Å². The lowest BCUT2D eigenvalue weighted by molar-refractivity contribution is -0.116. The van der Waals surface area contributed by atoms with Gasteiger partial charge in [-0.3, -0.25) is 9.79 Å².